The van der Waals surface area contributed by atoms with Crippen LogP contribution in [-0.4, -0.2) is 5.91 Å². The second-order valence-corrected chi connectivity index (χ2v) is 4.53. The van der Waals surface area contributed by atoms with Gasteiger partial charge in [0.2, 0.25) is 5.91 Å². The highest BCUT2D eigenvalue weighted by Crippen LogP contribution is 2.08. The third-order valence-corrected chi connectivity index (χ3v) is 2.86. The van der Waals surface area contributed by atoms with Gasteiger partial charge in [-0.15, -0.1) is 0 Å². The van der Waals surface area contributed by atoms with Gasteiger partial charge in [-0.1, -0.05) is 24.3 Å². The Bertz CT molecular complexity index is 714. The molecule has 0 heterocycles. The van der Waals surface area contributed by atoms with E-state index >= 15 is 0 Å². The number of hydrogen-bond acceptors (Lipinski definition) is 3. The predicted molar refractivity (Wildman–Crippen MR) is 82.9 cm³/mol. The summed E-state index contributed by atoms with van der Waals surface area (Å²) in [6.45, 7) is 0.385. The summed E-state index contributed by atoms with van der Waals surface area (Å²) in [6, 6.07) is 16.5. The Balaban J connectivity index is 1.91. The second-order valence-electron chi connectivity index (χ2n) is 4.53. The van der Waals surface area contributed by atoms with E-state index in [9.17, 15) is 4.79 Å². The van der Waals surface area contributed by atoms with Crippen LogP contribution >= 0.6 is 0 Å². The van der Waals surface area contributed by atoms with E-state index in [-0.39, 0.29) is 5.91 Å². The second kappa shape index (κ2) is 6.92. The minimum absolute atomic E-state index is 0.195. The fourth-order valence-corrected chi connectivity index (χ4v) is 1.83. The van der Waals surface area contributed by atoms with Crippen LogP contribution < -0.4 is 11.1 Å². The van der Waals surface area contributed by atoms with E-state index < -0.39 is 0 Å². The van der Waals surface area contributed by atoms with Gasteiger partial charge in [0.15, 0.2) is 0 Å². The lowest BCUT2D eigenvalue weighted by molar-refractivity contribution is -0.116. The summed E-state index contributed by atoms with van der Waals surface area (Å²) in [5, 5.41) is 11.6. The van der Waals surface area contributed by atoms with Crippen molar-refractivity contribution < 1.29 is 4.79 Å². The number of nitriles is 1. The molecular formula is C17H15N3O. The summed E-state index contributed by atoms with van der Waals surface area (Å²) in [5.74, 6) is -0.195. The largest absolute Gasteiger partial charge is 0.399 e. The molecule has 0 spiro atoms. The zero-order chi connectivity index (χ0) is 15.1. The lowest BCUT2D eigenvalue weighted by Crippen LogP contribution is -2.20. The molecule has 1 amide bonds. The quantitative estimate of drug-likeness (QED) is 0.665. The van der Waals surface area contributed by atoms with Gasteiger partial charge in [-0.2, -0.15) is 5.26 Å². The third kappa shape index (κ3) is 4.51. The average Bonchev–Trinajstić information content (AvgIpc) is 2.51. The van der Waals surface area contributed by atoms with Gasteiger partial charge in [0, 0.05) is 18.3 Å². The molecule has 3 N–H and O–H groups in total. The Labute approximate surface area is 123 Å². The number of carbonyl (C=O) groups excluding carboxylic acids is 1. The summed E-state index contributed by atoms with van der Waals surface area (Å²) in [6.07, 6.45) is 3.17. The molecular weight excluding hydrogens is 262 g/mol. The maximum absolute atomic E-state index is 11.7. The molecule has 0 aliphatic carbocycles. The number of nitrogens with zero attached hydrogens (tertiary/aromatic N) is 1. The summed E-state index contributed by atoms with van der Waals surface area (Å²) in [7, 11) is 0. The first-order valence-corrected chi connectivity index (χ1v) is 6.48. The van der Waals surface area contributed by atoms with Gasteiger partial charge >= 0.3 is 0 Å². The van der Waals surface area contributed by atoms with Crippen molar-refractivity contribution in [2.24, 2.45) is 0 Å². The van der Waals surface area contributed by atoms with Crippen molar-refractivity contribution in [3.05, 3.63) is 71.3 Å². The number of nitrogens with one attached hydrogen (secondary N) is 1. The number of nitrogens with two attached hydrogens (primary N) is 1. The highest BCUT2D eigenvalue weighted by molar-refractivity contribution is 5.91. The van der Waals surface area contributed by atoms with Crippen LogP contribution in [0.3, 0.4) is 0 Å². The number of hydrogen-bond donors (Lipinski definition) is 2. The van der Waals surface area contributed by atoms with Crippen LogP contribution in [0.5, 0.6) is 0 Å². The van der Waals surface area contributed by atoms with Gasteiger partial charge in [-0.05, 0) is 41.5 Å². The molecule has 0 aliphatic rings. The van der Waals surface area contributed by atoms with Crippen molar-refractivity contribution in [2.75, 3.05) is 5.73 Å². The Kier molecular flexibility index (Phi) is 4.73. The van der Waals surface area contributed by atoms with E-state index in [1.165, 1.54) is 6.08 Å². The Morgan fingerprint density at radius 2 is 2.05 bits per heavy atom. The topological polar surface area (TPSA) is 78.9 Å². The van der Waals surface area contributed by atoms with Crippen LogP contribution in [-0.2, 0) is 11.3 Å². The summed E-state index contributed by atoms with van der Waals surface area (Å²) in [5.41, 5.74) is 8.67. The fraction of sp³-hybridized carbons (Fsp3) is 0.0588. The molecule has 4 nitrogen and oxygen atoms in total. The number of nitrogen functional groups attached to an aromatic ring is 1. The van der Waals surface area contributed by atoms with Crippen molar-refractivity contribution >= 4 is 17.7 Å². The van der Waals surface area contributed by atoms with Gasteiger partial charge in [-0.3, -0.25) is 4.79 Å². The van der Waals surface area contributed by atoms with Crippen molar-refractivity contribution in [3.8, 4) is 6.07 Å². The highest BCUT2D eigenvalue weighted by Gasteiger charge is 1.98. The molecule has 104 valence electrons. The minimum atomic E-state index is -0.195. The molecule has 0 aromatic heterocycles. The van der Waals surface area contributed by atoms with Crippen LogP contribution in [0.1, 0.15) is 16.7 Å². The Morgan fingerprint density at radius 1 is 1.24 bits per heavy atom. The van der Waals surface area contributed by atoms with E-state index in [0.29, 0.717) is 17.8 Å². The van der Waals surface area contributed by atoms with E-state index in [1.807, 2.05) is 18.2 Å². The lowest BCUT2D eigenvalue weighted by Gasteiger charge is -2.03. The van der Waals surface area contributed by atoms with E-state index in [2.05, 4.69) is 11.4 Å². The molecule has 0 radical (unpaired) electrons. The minimum Gasteiger partial charge on any atom is -0.399 e. The molecule has 0 aliphatic heterocycles. The van der Waals surface area contributed by atoms with Gasteiger partial charge in [0.1, 0.15) is 0 Å². The first-order chi connectivity index (χ1) is 10.2. The van der Waals surface area contributed by atoms with Crippen LogP contribution in [0.2, 0.25) is 0 Å². The Hall–Kier alpha value is -3.06. The highest BCUT2D eigenvalue weighted by atomic mass is 16.1. The lowest BCUT2D eigenvalue weighted by atomic mass is 10.1. The zero-order valence-electron chi connectivity index (χ0n) is 11.4. The standard InChI is InChI=1S/C17H15N3O/c18-11-14-4-1-5-15(9-14)12-20-17(21)8-7-13-3-2-6-16(19)10-13/h1-10H,12,19H2,(H,20,21)/b8-7+. The van der Waals surface area contributed by atoms with Gasteiger partial charge in [0.25, 0.3) is 0 Å². The number of benzene rings is 2. The van der Waals surface area contributed by atoms with Crippen LogP contribution in [0, 0.1) is 11.3 Å². The monoisotopic (exact) mass is 277 g/mol. The molecule has 2 aromatic rings. The molecule has 0 atom stereocenters. The van der Waals surface area contributed by atoms with Crippen molar-refractivity contribution in [1.29, 1.82) is 5.26 Å². The molecule has 0 fully saturated rings. The number of carbonyl (C=O) groups is 1. The molecule has 4 heteroatoms. The molecule has 0 saturated heterocycles. The normalized spacial score (nSPS) is 10.2. The predicted octanol–water partition coefficient (Wildman–Crippen LogP) is 2.47. The van der Waals surface area contributed by atoms with Crippen molar-refractivity contribution in [1.82, 2.24) is 5.32 Å². The summed E-state index contributed by atoms with van der Waals surface area (Å²) in [4.78, 5) is 11.7. The van der Waals surface area contributed by atoms with Crippen LogP contribution in [0.15, 0.2) is 54.6 Å². The smallest absolute Gasteiger partial charge is 0.244 e. The van der Waals surface area contributed by atoms with Crippen molar-refractivity contribution in [3.63, 3.8) is 0 Å². The van der Waals surface area contributed by atoms with Crippen LogP contribution in [0.25, 0.3) is 6.08 Å². The summed E-state index contributed by atoms with van der Waals surface area (Å²) < 4.78 is 0. The SMILES string of the molecule is N#Cc1cccc(CNC(=O)/C=C/c2cccc(N)c2)c1. The summed E-state index contributed by atoms with van der Waals surface area (Å²) >= 11 is 0. The third-order valence-electron chi connectivity index (χ3n) is 2.86. The van der Waals surface area contributed by atoms with Crippen LogP contribution in [0.4, 0.5) is 5.69 Å². The maximum atomic E-state index is 11.7. The first-order valence-electron chi connectivity index (χ1n) is 6.48. The average molecular weight is 277 g/mol. The Morgan fingerprint density at radius 3 is 2.81 bits per heavy atom. The van der Waals surface area contributed by atoms with Gasteiger partial charge < -0.3 is 11.1 Å². The molecule has 0 saturated carbocycles. The van der Waals surface area contributed by atoms with Gasteiger partial charge in [-0.25, -0.2) is 0 Å². The van der Waals surface area contributed by atoms with Gasteiger partial charge in [0.05, 0.1) is 11.6 Å². The molecule has 21 heavy (non-hydrogen) atoms. The number of amides is 1. The molecule has 0 unspecified atom stereocenters. The van der Waals surface area contributed by atoms with Crippen molar-refractivity contribution in [2.45, 2.75) is 6.54 Å². The van der Waals surface area contributed by atoms with E-state index in [1.54, 1.807) is 36.4 Å². The molecule has 2 aromatic carbocycles. The maximum Gasteiger partial charge on any atom is 0.244 e. The first kappa shape index (κ1) is 14.4. The number of rotatable bonds is 4. The zero-order valence-corrected chi connectivity index (χ0v) is 11.4. The molecule has 0 bridgehead atoms. The molecule has 2 rings (SSSR count). The van der Waals surface area contributed by atoms with E-state index in [4.69, 9.17) is 11.0 Å². The van der Waals surface area contributed by atoms with E-state index in [0.717, 1.165) is 11.1 Å². The fourth-order valence-electron chi connectivity index (χ4n) is 1.83. The number of anilines is 1.